The van der Waals surface area contributed by atoms with Crippen molar-refractivity contribution in [1.29, 1.82) is 0 Å². The fourth-order valence-electron chi connectivity index (χ4n) is 1.94. The van der Waals surface area contributed by atoms with Crippen LogP contribution in [0.2, 0.25) is 0 Å². The molecule has 1 heterocycles. The third-order valence-electron chi connectivity index (χ3n) is 2.69. The maximum Gasteiger partial charge on any atom is 0.126 e. The maximum atomic E-state index is 13.5. The van der Waals surface area contributed by atoms with E-state index < -0.39 is 0 Å². The molecular weight excluding hydrogens is 245 g/mol. The van der Waals surface area contributed by atoms with Crippen LogP contribution in [0, 0.1) is 5.82 Å². The highest BCUT2D eigenvalue weighted by Crippen LogP contribution is 2.27. The zero-order valence-electron chi connectivity index (χ0n) is 7.89. The molecule has 1 fully saturated rings. The molecule has 0 aromatic heterocycles. The summed E-state index contributed by atoms with van der Waals surface area (Å²) in [6, 6.07) is 5.18. The normalized spacial score (nSPS) is 22.3. The lowest BCUT2D eigenvalue weighted by Gasteiger charge is -2.23. The summed E-state index contributed by atoms with van der Waals surface area (Å²) in [5, 5.41) is 3.30. The first-order valence-corrected chi connectivity index (χ1v) is 5.72. The second-order valence-corrected chi connectivity index (χ2v) is 4.62. The van der Waals surface area contributed by atoms with E-state index in [9.17, 15) is 4.39 Å². The van der Waals surface area contributed by atoms with Gasteiger partial charge >= 0.3 is 0 Å². The van der Waals surface area contributed by atoms with E-state index in [2.05, 4.69) is 21.2 Å². The van der Waals surface area contributed by atoms with Crippen molar-refractivity contribution in [3.63, 3.8) is 0 Å². The van der Waals surface area contributed by atoms with Crippen LogP contribution in [0.4, 0.5) is 4.39 Å². The Bertz CT molecular complexity index is 321. The molecule has 0 unspecified atom stereocenters. The molecule has 1 aliphatic rings. The second-order valence-electron chi connectivity index (χ2n) is 3.71. The Kier molecular flexibility index (Phi) is 3.19. The van der Waals surface area contributed by atoms with Gasteiger partial charge in [-0.25, -0.2) is 4.39 Å². The van der Waals surface area contributed by atoms with Crippen LogP contribution in [0.15, 0.2) is 22.7 Å². The molecule has 2 rings (SSSR count). The van der Waals surface area contributed by atoms with Gasteiger partial charge < -0.3 is 5.32 Å². The molecule has 0 saturated carbocycles. The Hall–Kier alpha value is -0.410. The Balaban J connectivity index is 2.24. The SMILES string of the molecule is Fc1ccc(Br)cc1[C@@H]1CCCNC1. The molecule has 1 aromatic rings. The van der Waals surface area contributed by atoms with E-state index >= 15 is 0 Å². The number of benzene rings is 1. The van der Waals surface area contributed by atoms with E-state index in [1.807, 2.05) is 6.07 Å². The molecule has 0 radical (unpaired) electrons. The quantitative estimate of drug-likeness (QED) is 0.816. The molecule has 0 aliphatic carbocycles. The maximum absolute atomic E-state index is 13.5. The van der Waals surface area contributed by atoms with Crippen molar-refractivity contribution >= 4 is 15.9 Å². The lowest BCUT2D eigenvalue weighted by molar-refractivity contribution is 0.446. The van der Waals surface area contributed by atoms with Crippen LogP contribution in [-0.2, 0) is 0 Å². The summed E-state index contributed by atoms with van der Waals surface area (Å²) in [6.07, 6.45) is 2.22. The van der Waals surface area contributed by atoms with Crippen molar-refractivity contribution in [2.45, 2.75) is 18.8 Å². The predicted molar refractivity (Wildman–Crippen MR) is 58.9 cm³/mol. The molecule has 3 heteroatoms. The van der Waals surface area contributed by atoms with E-state index in [1.54, 1.807) is 6.07 Å². The highest BCUT2D eigenvalue weighted by Gasteiger charge is 2.18. The van der Waals surface area contributed by atoms with E-state index in [0.29, 0.717) is 5.92 Å². The van der Waals surface area contributed by atoms with Gasteiger partial charge in [0.15, 0.2) is 0 Å². The molecule has 14 heavy (non-hydrogen) atoms. The summed E-state index contributed by atoms with van der Waals surface area (Å²) in [5.74, 6) is 0.253. The van der Waals surface area contributed by atoms with Crippen LogP contribution in [0.3, 0.4) is 0 Å². The van der Waals surface area contributed by atoms with Crippen molar-refractivity contribution < 1.29 is 4.39 Å². The van der Waals surface area contributed by atoms with Gasteiger partial charge in [0.2, 0.25) is 0 Å². The summed E-state index contributed by atoms with van der Waals surface area (Å²) < 4.78 is 14.5. The Morgan fingerprint density at radius 2 is 2.29 bits per heavy atom. The topological polar surface area (TPSA) is 12.0 Å². The zero-order valence-corrected chi connectivity index (χ0v) is 9.48. The molecule has 76 valence electrons. The fourth-order valence-corrected chi connectivity index (χ4v) is 2.32. The molecule has 1 atom stereocenters. The largest absolute Gasteiger partial charge is 0.316 e. The van der Waals surface area contributed by atoms with Gasteiger partial charge in [-0.3, -0.25) is 0 Å². The summed E-state index contributed by atoms with van der Waals surface area (Å²) >= 11 is 3.38. The van der Waals surface area contributed by atoms with Crippen molar-refractivity contribution in [1.82, 2.24) is 5.32 Å². The van der Waals surface area contributed by atoms with Gasteiger partial charge in [-0.15, -0.1) is 0 Å². The average molecular weight is 258 g/mol. The number of piperidine rings is 1. The molecular formula is C11H13BrFN. The zero-order chi connectivity index (χ0) is 9.97. The van der Waals surface area contributed by atoms with Crippen LogP contribution in [0.25, 0.3) is 0 Å². The van der Waals surface area contributed by atoms with Gasteiger partial charge in [-0.1, -0.05) is 15.9 Å². The minimum absolute atomic E-state index is 0.0816. The Morgan fingerprint density at radius 1 is 1.43 bits per heavy atom. The monoisotopic (exact) mass is 257 g/mol. The summed E-state index contributed by atoms with van der Waals surface area (Å²) in [7, 11) is 0. The van der Waals surface area contributed by atoms with Gasteiger partial charge in [0.25, 0.3) is 0 Å². The molecule has 1 aromatic carbocycles. The Labute approximate surface area is 91.8 Å². The van der Waals surface area contributed by atoms with E-state index in [0.717, 1.165) is 36.0 Å². The van der Waals surface area contributed by atoms with Crippen molar-refractivity contribution in [2.24, 2.45) is 0 Å². The summed E-state index contributed by atoms with van der Waals surface area (Å²) in [4.78, 5) is 0. The van der Waals surface area contributed by atoms with Crippen molar-refractivity contribution in [3.8, 4) is 0 Å². The number of nitrogens with one attached hydrogen (secondary N) is 1. The fraction of sp³-hybridized carbons (Fsp3) is 0.455. The second kappa shape index (κ2) is 4.41. The summed E-state index contributed by atoms with van der Waals surface area (Å²) in [6.45, 7) is 1.96. The molecule has 1 nitrogen and oxygen atoms in total. The first-order valence-electron chi connectivity index (χ1n) is 4.93. The first-order chi connectivity index (χ1) is 6.77. The number of hydrogen-bond acceptors (Lipinski definition) is 1. The van der Waals surface area contributed by atoms with Gasteiger partial charge in [0.05, 0.1) is 0 Å². The van der Waals surface area contributed by atoms with Gasteiger partial charge in [-0.05, 0) is 49.1 Å². The van der Waals surface area contributed by atoms with Crippen LogP contribution in [-0.4, -0.2) is 13.1 Å². The minimum atomic E-state index is -0.0816. The number of halogens is 2. The minimum Gasteiger partial charge on any atom is -0.316 e. The van der Waals surface area contributed by atoms with Gasteiger partial charge in [0.1, 0.15) is 5.82 Å². The number of rotatable bonds is 1. The average Bonchev–Trinajstić information content (AvgIpc) is 2.23. The molecule has 1 saturated heterocycles. The van der Waals surface area contributed by atoms with Gasteiger partial charge in [0, 0.05) is 11.0 Å². The molecule has 0 bridgehead atoms. The van der Waals surface area contributed by atoms with E-state index in [4.69, 9.17) is 0 Å². The third kappa shape index (κ3) is 2.15. The van der Waals surface area contributed by atoms with Crippen LogP contribution < -0.4 is 5.32 Å². The highest BCUT2D eigenvalue weighted by molar-refractivity contribution is 9.10. The molecule has 0 spiro atoms. The van der Waals surface area contributed by atoms with Gasteiger partial charge in [-0.2, -0.15) is 0 Å². The molecule has 0 amide bonds. The lowest BCUT2D eigenvalue weighted by atomic mass is 9.91. The Morgan fingerprint density at radius 3 is 3.00 bits per heavy atom. The predicted octanol–water partition coefficient (Wildman–Crippen LogP) is 3.06. The highest BCUT2D eigenvalue weighted by atomic mass is 79.9. The molecule has 1 N–H and O–H groups in total. The summed E-state index contributed by atoms with van der Waals surface area (Å²) in [5.41, 5.74) is 0.839. The van der Waals surface area contributed by atoms with Crippen LogP contribution in [0.5, 0.6) is 0 Å². The third-order valence-corrected chi connectivity index (χ3v) is 3.19. The smallest absolute Gasteiger partial charge is 0.126 e. The first kappa shape index (κ1) is 10.1. The van der Waals surface area contributed by atoms with Crippen molar-refractivity contribution in [2.75, 3.05) is 13.1 Å². The standard InChI is InChI=1S/C11H13BrFN/c12-9-3-4-11(13)10(6-9)8-2-1-5-14-7-8/h3-4,6,8,14H,1-2,5,7H2/t8-/m1/s1. The van der Waals surface area contributed by atoms with E-state index in [-0.39, 0.29) is 5.82 Å². The van der Waals surface area contributed by atoms with Crippen LogP contribution in [0.1, 0.15) is 24.3 Å². The van der Waals surface area contributed by atoms with Crippen LogP contribution >= 0.6 is 15.9 Å². The number of hydrogen-bond donors (Lipinski definition) is 1. The molecule has 1 aliphatic heterocycles. The lowest BCUT2D eigenvalue weighted by Crippen LogP contribution is -2.28. The van der Waals surface area contributed by atoms with Crippen molar-refractivity contribution in [3.05, 3.63) is 34.1 Å². The van der Waals surface area contributed by atoms with E-state index in [1.165, 1.54) is 6.07 Å².